The van der Waals surface area contributed by atoms with E-state index in [0.29, 0.717) is 17.3 Å². The predicted molar refractivity (Wildman–Crippen MR) is 153 cm³/mol. The van der Waals surface area contributed by atoms with Crippen LogP contribution in [0.1, 0.15) is 31.0 Å². The first kappa shape index (κ1) is 23.6. The Hall–Kier alpha value is -4.77. The summed E-state index contributed by atoms with van der Waals surface area (Å²) in [6.45, 7) is 6.33. The standard InChI is InChI=1S/C33H28N4O/c1-21(2)23-17-24(19-25(18-23)29-13-7-8-15-34-29)27-12-9-14-30-32(27)36-33(28-16-22(3)35-20-31(28)38)37(30)26-10-5-4-6-11-26/h4-21,38H,1-3H3. The summed E-state index contributed by atoms with van der Waals surface area (Å²) in [5.74, 6) is 1.13. The second kappa shape index (κ2) is 9.60. The number of pyridine rings is 2. The molecule has 0 fully saturated rings. The minimum atomic E-state index is 0.101. The number of nitrogens with zero attached hydrogens (tertiary/aromatic N) is 4. The van der Waals surface area contributed by atoms with E-state index in [4.69, 9.17) is 4.98 Å². The molecule has 0 radical (unpaired) electrons. The molecule has 38 heavy (non-hydrogen) atoms. The first-order valence-electron chi connectivity index (χ1n) is 12.8. The fourth-order valence-corrected chi connectivity index (χ4v) is 4.90. The first-order valence-corrected chi connectivity index (χ1v) is 12.8. The number of aromatic hydroxyl groups is 1. The lowest BCUT2D eigenvalue weighted by atomic mass is 9.93. The number of aromatic nitrogens is 4. The second-order valence-electron chi connectivity index (χ2n) is 9.84. The van der Waals surface area contributed by atoms with Gasteiger partial charge in [-0.25, -0.2) is 4.98 Å². The van der Waals surface area contributed by atoms with E-state index in [2.05, 4.69) is 76.9 Å². The van der Waals surface area contributed by atoms with E-state index < -0.39 is 0 Å². The van der Waals surface area contributed by atoms with Crippen LogP contribution in [0.5, 0.6) is 5.75 Å². The topological polar surface area (TPSA) is 63.8 Å². The third-order valence-electron chi connectivity index (χ3n) is 6.85. The van der Waals surface area contributed by atoms with Crippen LogP contribution in [-0.2, 0) is 0 Å². The van der Waals surface area contributed by atoms with Gasteiger partial charge >= 0.3 is 0 Å². The second-order valence-corrected chi connectivity index (χ2v) is 9.84. The van der Waals surface area contributed by atoms with Crippen LogP contribution in [-0.4, -0.2) is 24.6 Å². The van der Waals surface area contributed by atoms with Crippen LogP contribution in [0.15, 0.2) is 103 Å². The number of benzene rings is 3. The molecule has 0 aliphatic carbocycles. The van der Waals surface area contributed by atoms with E-state index in [1.54, 1.807) is 0 Å². The van der Waals surface area contributed by atoms with Crippen LogP contribution in [0.3, 0.4) is 0 Å². The fraction of sp³-hybridized carbons (Fsp3) is 0.121. The van der Waals surface area contributed by atoms with Crippen LogP contribution in [0, 0.1) is 6.92 Å². The van der Waals surface area contributed by atoms with Gasteiger partial charge in [-0.2, -0.15) is 0 Å². The van der Waals surface area contributed by atoms with Crippen LogP contribution in [0.4, 0.5) is 0 Å². The minimum absolute atomic E-state index is 0.101. The number of rotatable bonds is 5. The Balaban J connectivity index is 1.65. The highest BCUT2D eigenvalue weighted by Gasteiger charge is 2.20. The Kier molecular flexibility index (Phi) is 5.97. The van der Waals surface area contributed by atoms with Gasteiger partial charge in [0.2, 0.25) is 0 Å². The van der Waals surface area contributed by atoms with E-state index in [1.165, 1.54) is 11.8 Å². The largest absolute Gasteiger partial charge is 0.506 e. The van der Waals surface area contributed by atoms with Crippen molar-refractivity contribution in [3.05, 3.63) is 115 Å². The van der Waals surface area contributed by atoms with E-state index >= 15 is 0 Å². The maximum atomic E-state index is 10.8. The molecule has 0 aliphatic rings. The molecule has 0 saturated heterocycles. The van der Waals surface area contributed by atoms with Crippen LogP contribution >= 0.6 is 0 Å². The van der Waals surface area contributed by atoms with Crippen LogP contribution in [0.2, 0.25) is 0 Å². The van der Waals surface area contributed by atoms with Gasteiger partial charge in [0, 0.05) is 28.7 Å². The maximum Gasteiger partial charge on any atom is 0.149 e. The van der Waals surface area contributed by atoms with Gasteiger partial charge in [-0.1, -0.05) is 56.3 Å². The highest BCUT2D eigenvalue weighted by Crippen LogP contribution is 2.38. The van der Waals surface area contributed by atoms with E-state index in [0.717, 1.165) is 44.8 Å². The minimum Gasteiger partial charge on any atom is -0.506 e. The molecule has 3 aromatic carbocycles. The number of para-hydroxylation sites is 2. The van der Waals surface area contributed by atoms with Crippen molar-refractivity contribution in [1.82, 2.24) is 19.5 Å². The van der Waals surface area contributed by atoms with Gasteiger partial charge in [-0.05, 0) is 72.5 Å². The lowest BCUT2D eigenvalue weighted by molar-refractivity contribution is 0.474. The van der Waals surface area contributed by atoms with E-state index in [1.807, 2.05) is 55.6 Å². The average molecular weight is 497 g/mol. The molecule has 0 aliphatic heterocycles. The van der Waals surface area contributed by atoms with Crippen molar-refractivity contribution in [3.63, 3.8) is 0 Å². The predicted octanol–water partition coefficient (Wildman–Crippen LogP) is 7.95. The summed E-state index contributed by atoms with van der Waals surface area (Å²) < 4.78 is 2.11. The zero-order valence-corrected chi connectivity index (χ0v) is 21.6. The third kappa shape index (κ3) is 4.22. The molecular weight excluding hydrogens is 468 g/mol. The van der Waals surface area contributed by atoms with E-state index in [9.17, 15) is 5.11 Å². The first-order chi connectivity index (χ1) is 18.5. The van der Waals surface area contributed by atoms with Crippen molar-refractivity contribution < 1.29 is 5.11 Å². The Labute approximate surface area is 222 Å². The van der Waals surface area contributed by atoms with Gasteiger partial charge in [0.15, 0.2) is 0 Å². The third-order valence-corrected chi connectivity index (χ3v) is 6.85. The molecule has 5 nitrogen and oxygen atoms in total. The molecule has 3 heterocycles. The highest BCUT2D eigenvalue weighted by molar-refractivity contribution is 5.96. The van der Waals surface area contributed by atoms with Gasteiger partial charge in [0.25, 0.3) is 0 Å². The number of hydrogen-bond acceptors (Lipinski definition) is 4. The van der Waals surface area contributed by atoms with Gasteiger partial charge in [-0.15, -0.1) is 0 Å². The number of imidazole rings is 1. The summed E-state index contributed by atoms with van der Waals surface area (Å²) in [5, 5.41) is 10.8. The molecule has 0 unspecified atom stereocenters. The van der Waals surface area contributed by atoms with Gasteiger partial charge in [-0.3, -0.25) is 14.5 Å². The molecule has 3 aromatic heterocycles. The smallest absolute Gasteiger partial charge is 0.149 e. The summed E-state index contributed by atoms with van der Waals surface area (Å²) in [4.78, 5) is 14.0. The lowest BCUT2D eigenvalue weighted by Gasteiger charge is -2.13. The summed E-state index contributed by atoms with van der Waals surface area (Å²) in [6, 6.07) is 31.0. The van der Waals surface area contributed by atoms with Gasteiger partial charge in [0.05, 0.1) is 28.5 Å². The summed E-state index contributed by atoms with van der Waals surface area (Å²) >= 11 is 0. The van der Waals surface area contributed by atoms with Crippen molar-refractivity contribution in [3.8, 4) is 45.2 Å². The zero-order chi connectivity index (χ0) is 26.2. The molecule has 0 bridgehead atoms. The van der Waals surface area contributed by atoms with Gasteiger partial charge in [0.1, 0.15) is 11.6 Å². The molecule has 6 aromatic rings. The molecule has 1 N–H and O–H groups in total. The normalized spacial score (nSPS) is 11.4. The molecule has 6 rings (SSSR count). The SMILES string of the molecule is Cc1cc(-c2nc3c(-c4cc(-c5ccccn5)cc(C(C)C)c4)cccc3n2-c2ccccc2)c(O)cn1. The monoisotopic (exact) mass is 496 g/mol. The molecule has 0 amide bonds. The fourth-order valence-electron chi connectivity index (χ4n) is 4.90. The van der Waals surface area contributed by atoms with Crippen molar-refractivity contribution in [2.75, 3.05) is 0 Å². The Bertz CT molecular complexity index is 1760. The molecule has 186 valence electrons. The Morgan fingerprint density at radius 3 is 2.32 bits per heavy atom. The molecule has 5 heteroatoms. The Morgan fingerprint density at radius 2 is 1.55 bits per heavy atom. The van der Waals surface area contributed by atoms with Crippen LogP contribution < -0.4 is 0 Å². The maximum absolute atomic E-state index is 10.8. The molecule has 0 saturated carbocycles. The summed E-state index contributed by atoms with van der Waals surface area (Å²) in [6.07, 6.45) is 3.32. The van der Waals surface area contributed by atoms with Gasteiger partial charge < -0.3 is 5.11 Å². The summed E-state index contributed by atoms with van der Waals surface area (Å²) in [5.41, 5.74) is 9.64. The van der Waals surface area contributed by atoms with Crippen molar-refractivity contribution in [2.45, 2.75) is 26.7 Å². The average Bonchev–Trinajstić information content (AvgIpc) is 3.34. The van der Waals surface area contributed by atoms with Crippen molar-refractivity contribution in [2.24, 2.45) is 0 Å². The molecule has 0 spiro atoms. The van der Waals surface area contributed by atoms with E-state index in [-0.39, 0.29) is 5.75 Å². The molecular formula is C33H28N4O. The highest BCUT2D eigenvalue weighted by atomic mass is 16.3. The van der Waals surface area contributed by atoms with Crippen molar-refractivity contribution in [1.29, 1.82) is 0 Å². The zero-order valence-electron chi connectivity index (χ0n) is 21.6. The number of fused-ring (bicyclic) bond motifs is 1. The quantitative estimate of drug-likeness (QED) is 0.263. The molecule has 0 atom stereocenters. The Morgan fingerprint density at radius 1 is 0.763 bits per heavy atom. The number of hydrogen-bond donors (Lipinski definition) is 1. The van der Waals surface area contributed by atoms with Crippen LogP contribution in [0.25, 0.3) is 50.5 Å². The number of aryl methyl sites for hydroxylation is 1. The summed E-state index contributed by atoms with van der Waals surface area (Å²) in [7, 11) is 0. The van der Waals surface area contributed by atoms with Crippen molar-refractivity contribution >= 4 is 11.0 Å². The lowest BCUT2D eigenvalue weighted by Crippen LogP contribution is -1.98.